The van der Waals surface area contributed by atoms with Gasteiger partial charge in [-0.3, -0.25) is 0 Å². The maximum Gasteiger partial charge on any atom is 0.0546 e. The van der Waals surface area contributed by atoms with E-state index < -0.39 is 0 Å². The van der Waals surface area contributed by atoms with Gasteiger partial charge in [0.15, 0.2) is 0 Å². The summed E-state index contributed by atoms with van der Waals surface area (Å²) in [7, 11) is 0. The molecule has 10 aromatic rings. The van der Waals surface area contributed by atoms with Crippen molar-refractivity contribution in [1.29, 1.82) is 0 Å². The van der Waals surface area contributed by atoms with E-state index in [0.29, 0.717) is 0 Å². The second kappa shape index (κ2) is 14.0. The van der Waals surface area contributed by atoms with Gasteiger partial charge in [0.2, 0.25) is 0 Å². The highest BCUT2D eigenvalue weighted by atomic mass is 15.1. The summed E-state index contributed by atoms with van der Waals surface area (Å²) in [5, 5.41) is 7.58. The highest BCUT2D eigenvalue weighted by Crippen LogP contribution is 2.58. The highest BCUT2D eigenvalue weighted by molar-refractivity contribution is 6.14. The molecule has 0 spiro atoms. The van der Waals surface area contributed by atoms with E-state index in [2.05, 4.69) is 245 Å². The molecule has 0 radical (unpaired) electrons. The molecule has 0 heterocycles. The first kappa shape index (κ1) is 38.3. The van der Waals surface area contributed by atoms with Crippen LogP contribution in [0.2, 0.25) is 0 Å². The van der Waals surface area contributed by atoms with Gasteiger partial charge in [-0.25, -0.2) is 0 Å². The quantitative estimate of drug-likeness (QED) is 0.154. The lowest BCUT2D eigenvalue weighted by Gasteiger charge is -2.30. The van der Waals surface area contributed by atoms with Crippen molar-refractivity contribution in [1.82, 2.24) is 0 Å². The summed E-state index contributed by atoms with van der Waals surface area (Å²) in [5.41, 5.74) is 20.1. The van der Waals surface area contributed by atoms with E-state index in [1.165, 1.54) is 105 Å². The summed E-state index contributed by atoms with van der Waals surface area (Å²) < 4.78 is 0. The first-order chi connectivity index (χ1) is 31.1. The molecule has 2 aliphatic rings. The van der Waals surface area contributed by atoms with Crippen LogP contribution in [-0.4, -0.2) is 0 Å². The van der Waals surface area contributed by atoms with Gasteiger partial charge >= 0.3 is 0 Å². The van der Waals surface area contributed by atoms with Crippen LogP contribution >= 0.6 is 0 Å². The number of benzene rings is 10. The van der Waals surface area contributed by atoms with Gasteiger partial charge in [-0.2, -0.15) is 0 Å². The van der Waals surface area contributed by atoms with Gasteiger partial charge in [-0.1, -0.05) is 149 Å². The van der Waals surface area contributed by atoms with E-state index in [9.17, 15) is 0 Å². The molecule has 308 valence electrons. The maximum absolute atomic E-state index is 2.54. The first-order valence-electron chi connectivity index (χ1n) is 22.7. The van der Waals surface area contributed by atoms with E-state index >= 15 is 0 Å². The molecule has 0 aromatic heterocycles. The van der Waals surface area contributed by atoms with Crippen LogP contribution in [0.1, 0.15) is 61.1 Å². The fourth-order valence-electron chi connectivity index (χ4n) is 11.3. The number of hydrogen-bond donors (Lipinski definition) is 0. The molecule has 10 aromatic carbocycles. The van der Waals surface area contributed by atoms with Crippen LogP contribution in [0, 0.1) is 13.8 Å². The maximum atomic E-state index is 2.54. The lowest BCUT2D eigenvalue weighted by atomic mass is 9.79. The summed E-state index contributed by atoms with van der Waals surface area (Å²) in [5.74, 6) is 0. The Hall–Kier alpha value is -7.42. The average Bonchev–Trinajstić information content (AvgIpc) is 3.69. The molecule has 2 heteroatoms. The minimum Gasteiger partial charge on any atom is -0.310 e. The molecule has 64 heavy (non-hydrogen) atoms. The molecule has 2 aliphatic carbocycles. The number of anilines is 6. The van der Waals surface area contributed by atoms with Crippen LogP contribution in [0.25, 0.3) is 54.6 Å². The van der Waals surface area contributed by atoms with Gasteiger partial charge in [0.25, 0.3) is 0 Å². The van der Waals surface area contributed by atoms with E-state index in [4.69, 9.17) is 0 Å². The minimum absolute atomic E-state index is 0.211. The number of aryl methyl sites for hydroxylation is 2. The Morgan fingerprint density at radius 3 is 1.25 bits per heavy atom. The highest BCUT2D eigenvalue weighted by Gasteiger charge is 2.42. The Kier molecular flexibility index (Phi) is 8.40. The smallest absolute Gasteiger partial charge is 0.0546 e. The van der Waals surface area contributed by atoms with Gasteiger partial charge in [0.05, 0.1) is 11.4 Å². The predicted octanol–water partition coefficient (Wildman–Crippen LogP) is 17.3. The summed E-state index contributed by atoms with van der Waals surface area (Å²) in [6, 6.07) is 72.4. The zero-order valence-electron chi connectivity index (χ0n) is 37.4. The molecule has 0 amide bonds. The fraction of sp³-hybridized carbons (Fsp3) is 0.129. The number of hydrogen-bond acceptors (Lipinski definition) is 2. The Morgan fingerprint density at radius 2 is 0.719 bits per heavy atom. The molecule has 0 saturated carbocycles. The molecule has 12 rings (SSSR count). The van der Waals surface area contributed by atoms with Crippen LogP contribution in [0.4, 0.5) is 34.1 Å². The summed E-state index contributed by atoms with van der Waals surface area (Å²) in [4.78, 5) is 4.93. The first-order valence-corrected chi connectivity index (χ1v) is 22.7. The minimum atomic E-state index is -0.217. The molecular formula is C62H50N2. The summed E-state index contributed by atoms with van der Waals surface area (Å²) >= 11 is 0. The van der Waals surface area contributed by atoms with E-state index in [0.717, 1.165) is 17.1 Å². The Balaban J connectivity index is 0.985. The zero-order chi connectivity index (χ0) is 43.5. The Bertz CT molecular complexity index is 3520. The summed E-state index contributed by atoms with van der Waals surface area (Å²) in [6.45, 7) is 14.2. The average molecular weight is 823 g/mol. The number of rotatable bonds is 6. The molecule has 0 atom stereocenters. The van der Waals surface area contributed by atoms with Gasteiger partial charge < -0.3 is 9.80 Å². The zero-order valence-corrected chi connectivity index (χ0v) is 37.4. The Morgan fingerprint density at radius 1 is 0.312 bits per heavy atom. The molecule has 0 saturated heterocycles. The fourth-order valence-corrected chi connectivity index (χ4v) is 11.3. The predicted molar refractivity (Wildman–Crippen MR) is 273 cm³/mol. The van der Waals surface area contributed by atoms with E-state index in [-0.39, 0.29) is 10.8 Å². The molecule has 0 unspecified atom stereocenters. The normalized spacial score (nSPS) is 14.0. The number of nitrogens with zero attached hydrogens (tertiary/aromatic N) is 2. The van der Waals surface area contributed by atoms with Crippen molar-refractivity contribution in [2.75, 3.05) is 9.80 Å². The van der Waals surface area contributed by atoms with Gasteiger partial charge in [-0.15, -0.1) is 0 Å². The van der Waals surface area contributed by atoms with Crippen LogP contribution < -0.4 is 9.80 Å². The molecular weight excluding hydrogens is 773 g/mol. The van der Waals surface area contributed by atoms with E-state index in [1.807, 2.05) is 0 Å². The van der Waals surface area contributed by atoms with Crippen LogP contribution in [0.5, 0.6) is 0 Å². The lowest BCUT2D eigenvalue weighted by Crippen LogP contribution is -2.18. The van der Waals surface area contributed by atoms with Crippen molar-refractivity contribution in [3.05, 3.63) is 228 Å². The van der Waals surface area contributed by atoms with Crippen molar-refractivity contribution in [2.45, 2.75) is 52.4 Å². The van der Waals surface area contributed by atoms with Crippen molar-refractivity contribution in [2.24, 2.45) is 0 Å². The van der Waals surface area contributed by atoms with Crippen molar-refractivity contribution in [3.8, 4) is 22.3 Å². The third kappa shape index (κ3) is 5.58. The van der Waals surface area contributed by atoms with Crippen molar-refractivity contribution < 1.29 is 0 Å². The third-order valence-electron chi connectivity index (χ3n) is 14.8. The Labute approximate surface area is 376 Å². The van der Waals surface area contributed by atoms with Gasteiger partial charge in [-0.05, 0) is 164 Å². The SMILES string of the molecule is Cc1cc(N(c2ccccc2)c2ccc3c(c2)C(C)(C)c2cc4c(cc2-3)C(C)(C)c2cc(N(c3ccccc3)c3cc5ccccc5c5ccccc35)ccc2-4)c2ccccc2c1C. The number of para-hydroxylation sites is 2. The van der Waals surface area contributed by atoms with Gasteiger partial charge in [0, 0.05) is 44.4 Å². The topological polar surface area (TPSA) is 6.48 Å². The standard InChI is InChI=1S/C62H50N2/c1-39-33-59(51-27-17-15-24-46(51)40(39)2)63(42-20-9-7-10-21-42)44-29-31-49-53-37-58-54(38-57(53)61(3,4)55(49)35-44)50-32-30-45(36-56(50)62(58,5)6)64(43-22-11-8-12-23-43)60-34-41-19-13-14-25-47(41)48-26-16-18-28-52(48)60/h7-38H,1-6H3. The molecule has 2 nitrogen and oxygen atoms in total. The van der Waals surface area contributed by atoms with Crippen molar-refractivity contribution in [3.63, 3.8) is 0 Å². The molecule has 0 N–H and O–H groups in total. The van der Waals surface area contributed by atoms with Crippen LogP contribution in [0.3, 0.4) is 0 Å². The lowest BCUT2D eigenvalue weighted by molar-refractivity contribution is 0.652. The monoisotopic (exact) mass is 822 g/mol. The van der Waals surface area contributed by atoms with Crippen LogP contribution in [-0.2, 0) is 10.8 Å². The van der Waals surface area contributed by atoms with Crippen molar-refractivity contribution >= 4 is 66.4 Å². The molecule has 0 bridgehead atoms. The third-order valence-corrected chi connectivity index (χ3v) is 14.8. The van der Waals surface area contributed by atoms with E-state index in [1.54, 1.807) is 0 Å². The second-order valence-electron chi connectivity index (χ2n) is 19.0. The van der Waals surface area contributed by atoms with Gasteiger partial charge in [0.1, 0.15) is 0 Å². The molecule has 0 fully saturated rings. The largest absolute Gasteiger partial charge is 0.310 e. The second-order valence-corrected chi connectivity index (χ2v) is 19.0. The molecule has 0 aliphatic heterocycles. The number of fused-ring (bicyclic) bond motifs is 10. The summed E-state index contributed by atoms with van der Waals surface area (Å²) in [6.07, 6.45) is 0. The van der Waals surface area contributed by atoms with Crippen LogP contribution in [0.15, 0.2) is 194 Å².